The van der Waals surface area contributed by atoms with E-state index in [9.17, 15) is 9.59 Å². The van der Waals surface area contributed by atoms with Crippen molar-refractivity contribution in [1.29, 1.82) is 0 Å². The average molecular weight is 170 g/mol. The van der Waals surface area contributed by atoms with Crippen molar-refractivity contribution in [3.05, 3.63) is 12.2 Å². The van der Waals surface area contributed by atoms with E-state index in [1.165, 1.54) is 0 Å². The summed E-state index contributed by atoms with van der Waals surface area (Å²) < 4.78 is 0. The van der Waals surface area contributed by atoms with E-state index in [-0.39, 0.29) is 12.2 Å². The number of aliphatic carboxylic acids is 1. The largest absolute Gasteiger partial charge is 0.481 e. The van der Waals surface area contributed by atoms with Crippen molar-refractivity contribution in [1.82, 2.24) is 0 Å². The second-order valence-electron chi connectivity index (χ2n) is 2.92. The monoisotopic (exact) mass is 170 g/mol. The van der Waals surface area contributed by atoms with Gasteiger partial charge in [0.25, 0.3) is 0 Å². The lowest BCUT2D eigenvalue weighted by atomic mass is 10.1. The maximum Gasteiger partial charge on any atom is 0.310 e. The molecule has 0 aromatic rings. The van der Waals surface area contributed by atoms with Crippen molar-refractivity contribution in [3.63, 3.8) is 0 Å². The van der Waals surface area contributed by atoms with Crippen LogP contribution in [0.5, 0.6) is 0 Å². The molecule has 0 atom stereocenters. The van der Waals surface area contributed by atoms with Gasteiger partial charge in [0.05, 0.1) is 0 Å². The Balaban J connectivity index is 3.44. The summed E-state index contributed by atoms with van der Waals surface area (Å²) in [4.78, 5) is 20.9. The van der Waals surface area contributed by atoms with Crippen LogP contribution in [0.2, 0.25) is 0 Å². The van der Waals surface area contributed by atoms with Gasteiger partial charge in [0.15, 0.2) is 0 Å². The molecule has 0 aliphatic heterocycles. The molecular formula is C9H14O3. The van der Waals surface area contributed by atoms with Crippen LogP contribution in [0.4, 0.5) is 0 Å². The van der Waals surface area contributed by atoms with Crippen molar-refractivity contribution >= 4 is 11.8 Å². The Morgan fingerprint density at radius 3 is 2.33 bits per heavy atom. The Morgan fingerprint density at radius 1 is 1.33 bits per heavy atom. The molecule has 0 unspecified atom stereocenters. The van der Waals surface area contributed by atoms with Gasteiger partial charge in [-0.25, -0.2) is 0 Å². The first-order valence-corrected chi connectivity index (χ1v) is 3.90. The molecule has 0 rings (SSSR count). The first kappa shape index (κ1) is 10.9. The van der Waals surface area contributed by atoms with E-state index in [2.05, 4.69) is 6.58 Å². The smallest absolute Gasteiger partial charge is 0.310 e. The molecule has 12 heavy (non-hydrogen) atoms. The van der Waals surface area contributed by atoms with E-state index in [1.807, 2.05) is 6.92 Å². The molecule has 0 heterocycles. The van der Waals surface area contributed by atoms with Gasteiger partial charge in [-0.05, 0) is 19.8 Å². The average Bonchev–Trinajstić information content (AvgIpc) is 1.84. The van der Waals surface area contributed by atoms with Gasteiger partial charge < -0.3 is 5.11 Å². The summed E-state index contributed by atoms with van der Waals surface area (Å²) in [7, 11) is 0. The van der Waals surface area contributed by atoms with Crippen molar-refractivity contribution in [3.8, 4) is 0 Å². The van der Waals surface area contributed by atoms with Gasteiger partial charge in [-0.3, -0.25) is 9.59 Å². The summed E-state index contributed by atoms with van der Waals surface area (Å²) >= 11 is 0. The highest BCUT2D eigenvalue weighted by Crippen LogP contribution is 2.05. The van der Waals surface area contributed by atoms with Crippen LogP contribution in [-0.4, -0.2) is 16.9 Å². The second-order valence-corrected chi connectivity index (χ2v) is 2.92. The zero-order chi connectivity index (χ0) is 9.56. The highest BCUT2D eigenvalue weighted by molar-refractivity contribution is 5.94. The third-order valence-electron chi connectivity index (χ3n) is 1.41. The van der Waals surface area contributed by atoms with Gasteiger partial charge in [0.2, 0.25) is 0 Å². The zero-order valence-electron chi connectivity index (χ0n) is 7.30. The van der Waals surface area contributed by atoms with Crippen LogP contribution in [0.3, 0.4) is 0 Å². The highest BCUT2D eigenvalue weighted by Gasteiger charge is 2.06. The fraction of sp³-hybridized carbons (Fsp3) is 0.556. The third-order valence-corrected chi connectivity index (χ3v) is 1.41. The van der Waals surface area contributed by atoms with Crippen LogP contribution in [0.25, 0.3) is 0 Å². The summed E-state index contributed by atoms with van der Waals surface area (Å²) in [5.41, 5.74) is 1.03. The van der Waals surface area contributed by atoms with Crippen LogP contribution < -0.4 is 0 Å². The molecular weight excluding hydrogens is 156 g/mol. The first-order valence-electron chi connectivity index (χ1n) is 3.90. The van der Waals surface area contributed by atoms with Crippen molar-refractivity contribution in [2.75, 3.05) is 0 Å². The van der Waals surface area contributed by atoms with Crippen LogP contribution in [0.15, 0.2) is 12.2 Å². The molecule has 3 nitrogen and oxygen atoms in total. The zero-order valence-corrected chi connectivity index (χ0v) is 7.30. The Hall–Kier alpha value is -1.12. The minimum Gasteiger partial charge on any atom is -0.481 e. The second kappa shape index (κ2) is 5.52. The number of rotatable bonds is 6. The number of carbonyl (C=O) groups excluding carboxylic acids is 1. The molecule has 0 saturated carbocycles. The SMILES string of the molecule is C=C(C)CCCC(=O)CC(=O)O. The van der Waals surface area contributed by atoms with E-state index in [0.717, 1.165) is 12.0 Å². The maximum absolute atomic E-state index is 10.8. The van der Waals surface area contributed by atoms with Crippen molar-refractivity contribution < 1.29 is 14.7 Å². The summed E-state index contributed by atoms with van der Waals surface area (Å²) in [5.74, 6) is -1.25. The van der Waals surface area contributed by atoms with Crippen LogP contribution in [0, 0.1) is 0 Å². The minimum atomic E-state index is -1.05. The lowest BCUT2D eigenvalue weighted by Crippen LogP contribution is -2.05. The molecule has 68 valence electrons. The molecule has 1 N–H and O–H groups in total. The molecule has 0 aliphatic rings. The van der Waals surface area contributed by atoms with Crippen LogP contribution in [0.1, 0.15) is 32.6 Å². The lowest BCUT2D eigenvalue weighted by Gasteiger charge is -1.97. The van der Waals surface area contributed by atoms with Gasteiger partial charge in [-0.1, -0.05) is 5.57 Å². The van der Waals surface area contributed by atoms with E-state index >= 15 is 0 Å². The number of allylic oxidation sites excluding steroid dienone is 1. The number of hydrogen-bond donors (Lipinski definition) is 1. The molecule has 0 fully saturated rings. The van der Waals surface area contributed by atoms with E-state index in [4.69, 9.17) is 5.11 Å². The number of hydrogen-bond acceptors (Lipinski definition) is 2. The predicted molar refractivity (Wildman–Crippen MR) is 45.9 cm³/mol. The number of ketones is 1. The quantitative estimate of drug-likeness (QED) is 0.488. The fourth-order valence-corrected chi connectivity index (χ4v) is 0.844. The molecule has 0 spiro atoms. The molecule has 0 amide bonds. The maximum atomic E-state index is 10.8. The first-order chi connectivity index (χ1) is 5.52. The fourth-order valence-electron chi connectivity index (χ4n) is 0.844. The molecule has 3 heteroatoms. The molecule has 0 aromatic heterocycles. The Kier molecular flexibility index (Phi) is 5.00. The molecule has 0 saturated heterocycles. The van der Waals surface area contributed by atoms with Gasteiger partial charge in [0, 0.05) is 6.42 Å². The predicted octanol–water partition coefficient (Wildman–Crippen LogP) is 1.78. The molecule has 0 bridgehead atoms. The summed E-state index contributed by atoms with van der Waals surface area (Å²) in [6, 6.07) is 0. The lowest BCUT2D eigenvalue weighted by molar-refractivity contribution is -0.140. The van der Waals surface area contributed by atoms with Gasteiger partial charge in [0.1, 0.15) is 12.2 Å². The number of Topliss-reactive ketones (excluding diaryl/α,β-unsaturated/α-hetero) is 1. The highest BCUT2D eigenvalue weighted by atomic mass is 16.4. The third kappa shape index (κ3) is 6.99. The van der Waals surface area contributed by atoms with E-state index < -0.39 is 5.97 Å². The van der Waals surface area contributed by atoms with Crippen LogP contribution in [-0.2, 0) is 9.59 Å². The van der Waals surface area contributed by atoms with E-state index in [0.29, 0.717) is 12.8 Å². The van der Waals surface area contributed by atoms with E-state index in [1.54, 1.807) is 0 Å². The topological polar surface area (TPSA) is 54.4 Å². The van der Waals surface area contributed by atoms with Gasteiger partial charge in [-0.2, -0.15) is 0 Å². The Bertz CT molecular complexity index is 194. The Morgan fingerprint density at radius 2 is 1.92 bits per heavy atom. The standard InChI is InChI=1S/C9H14O3/c1-7(2)4-3-5-8(10)6-9(11)12/h1,3-6H2,2H3,(H,11,12). The Labute approximate surface area is 72.1 Å². The normalized spacial score (nSPS) is 9.42. The summed E-state index contributed by atoms with van der Waals surface area (Å²) in [6.07, 6.45) is 1.50. The molecule has 0 radical (unpaired) electrons. The number of carbonyl (C=O) groups is 2. The van der Waals surface area contributed by atoms with Crippen molar-refractivity contribution in [2.45, 2.75) is 32.6 Å². The summed E-state index contributed by atoms with van der Waals surface area (Å²) in [5, 5.41) is 8.25. The number of carboxylic acid groups (broad SMARTS) is 1. The summed E-state index contributed by atoms with van der Waals surface area (Å²) in [6.45, 7) is 5.58. The van der Waals surface area contributed by atoms with Gasteiger partial charge >= 0.3 is 5.97 Å². The molecule has 0 aliphatic carbocycles. The van der Waals surface area contributed by atoms with Crippen molar-refractivity contribution in [2.24, 2.45) is 0 Å². The van der Waals surface area contributed by atoms with Gasteiger partial charge in [-0.15, -0.1) is 6.58 Å². The number of carboxylic acids is 1. The minimum absolute atomic E-state index is 0.205. The van der Waals surface area contributed by atoms with Crippen LogP contribution >= 0.6 is 0 Å². The molecule has 0 aromatic carbocycles.